The molecule has 0 amide bonds. The van der Waals surface area contributed by atoms with Gasteiger partial charge in [-0.05, 0) is 12.1 Å². The first-order valence-electron chi connectivity index (χ1n) is 2.22. The summed E-state index contributed by atoms with van der Waals surface area (Å²) in [7, 11) is 0. The maximum Gasteiger partial charge on any atom is 0.0586 e. The van der Waals surface area contributed by atoms with Crippen molar-refractivity contribution in [3.05, 3.63) is 29.3 Å². The van der Waals surface area contributed by atoms with Crippen LogP contribution >= 0.6 is 24.2 Å². The van der Waals surface area contributed by atoms with Gasteiger partial charge in [-0.1, -0.05) is 36.4 Å². The fourth-order valence-corrected chi connectivity index (χ4v) is 0.727. The van der Waals surface area contributed by atoms with E-state index >= 15 is 0 Å². The first-order chi connectivity index (χ1) is 3.80. The first-order valence-corrected chi connectivity index (χ1v) is 3.01. The van der Waals surface area contributed by atoms with Gasteiger partial charge in [0.25, 0.3) is 0 Å². The summed E-state index contributed by atoms with van der Waals surface area (Å²) in [5, 5.41) is 0.655. The zero-order valence-corrected chi connectivity index (χ0v) is 5.67. The highest BCUT2D eigenvalue weighted by molar-refractivity contribution is 7.80. The summed E-state index contributed by atoms with van der Waals surface area (Å²) in [4.78, 5) is 0.717. The molecule has 41 valence electrons. The van der Waals surface area contributed by atoms with Gasteiger partial charge in [0.2, 0.25) is 0 Å². The zero-order valence-electron chi connectivity index (χ0n) is 4.10. The van der Waals surface area contributed by atoms with Crippen molar-refractivity contribution in [3.63, 3.8) is 0 Å². The zero-order chi connectivity index (χ0) is 5.98. The molecule has 0 aliphatic heterocycles. The third-order valence-electron chi connectivity index (χ3n) is 0.837. The molecule has 0 bridgehead atoms. The Morgan fingerprint density at radius 1 is 1.25 bits per heavy atom. The number of hydrogen-bond acceptors (Lipinski definition) is 0. The van der Waals surface area contributed by atoms with Crippen molar-refractivity contribution >= 4 is 24.2 Å². The summed E-state index contributed by atoms with van der Waals surface area (Å²) in [5.41, 5.74) is 0. The Labute approximate surface area is 58.9 Å². The molecule has 0 fully saturated rings. The number of rotatable bonds is 0. The van der Waals surface area contributed by atoms with E-state index in [2.05, 4.69) is 0 Å². The second-order valence-corrected chi connectivity index (χ2v) is 2.28. The van der Waals surface area contributed by atoms with Crippen molar-refractivity contribution in [2.75, 3.05) is 0 Å². The van der Waals surface area contributed by atoms with Crippen LogP contribution in [0.15, 0.2) is 29.2 Å². The van der Waals surface area contributed by atoms with Crippen molar-refractivity contribution in [1.82, 2.24) is 0 Å². The molecule has 2 heteroatoms. The molecule has 0 nitrogen and oxygen atoms in total. The molecule has 0 aromatic heterocycles. The van der Waals surface area contributed by atoms with Crippen LogP contribution in [0.25, 0.3) is 0 Å². The Bertz CT molecular complexity index is 165. The predicted molar refractivity (Wildman–Crippen MR) is 37.3 cm³/mol. The summed E-state index contributed by atoms with van der Waals surface area (Å²) in [6.07, 6.45) is 0. The van der Waals surface area contributed by atoms with Gasteiger partial charge >= 0.3 is 0 Å². The van der Waals surface area contributed by atoms with Crippen molar-refractivity contribution in [2.45, 2.75) is 4.90 Å². The molecule has 8 heavy (non-hydrogen) atoms. The first kappa shape index (κ1) is 5.86. The Balaban J connectivity index is 3.13. The molecule has 0 saturated heterocycles. The second kappa shape index (κ2) is 2.33. The highest BCUT2D eigenvalue weighted by Gasteiger charge is 1.89. The molecule has 0 heterocycles. The Hall–Kier alpha value is -0.270. The Morgan fingerprint density at radius 3 is 2.25 bits per heavy atom. The lowest BCUT2D eigenvalue weighted by Gasteiger charge is -1.88. The van der Waals surface area contributed by atoms with Gasteiger partial charge in [-0.2, -0.15) is 0 Å². The number of benzene rings is 1. The molecule has 0 aliphatic carbocycles. The van der Waals surface area contributed by atoms with E-state index < -0.39 is 0 Å². The molecular weight excluding hydrogens is 140 g/mol. The minimum absolute atomic E-state index is 0.655. The van der Waals surface area contributed by atoms with Gasteiger partial charge in [0.05, 0.1) is 9.92 Å². The Kier molecular flexibility index (Phi) is 1.71. The van der Waals surface area contributed by atoms with Gasteiger partial charge in [-0.15, -0.1) is 0 Å². The summed E-state index contributed by atoms with van der Waals surface area (Å²) in [6.45, 7) is 0. The molecule has 1 rings (SSSR count). The lowest BCUT2D eigenvalue weighted by molar-refractivity contribution is 1.48. The van der Waals surface area contributed by atoms with Gasteiger partial charge < -0.3 is 0 Å². The van der Waals surface area contributed by atoms with Crippen molar-refractivity contribution in [3.8, 4) is 0 Å². The van der Waals surface area contributed by atoms with E-state index in [4.69, 9.17) is 24.2 Å². The van der Waals surface area contributed by atoms with E-state index in [1.54, 1.807) is 12.1 Å². The average molecular weight is 144 g/mol. The van der Waals surface area contributed by atoms with E-state index in [1.165, 1.54) is 0 Å². The monoisotopic (exact) mass is 143 g/mol. The molecule has 0 saturated carbocycles. The predicted octanol–water partition coefficient (Wildman–Crippen LogP) is 2.90. The van der Waals surface area contributed by atoms with Gasteiger partial charge in [-0.25, -0.2) is 0 Å². The van der Waals surface area contributed by atoms with Gasteiger partial charge in [0, 0.05) is 0 Å². The van der Waals surface area contributed by atoms with E-state index in [-0.39, 0.29) is 0 Å². The van der Waals surface area contributed by atoms with Crippen molar-refractivity contribution in [1.29, 1.82) is 0 Å². The van der Waals surface area contributed by atoms with Crippen molar-refractivity contribution in [2.24, 2.45) is 0 Å². The fraction of sp³-hybridized carbons (Fsp3) is 0. The van der Waals surface area contributed by atoms with E-state index in [9.17, 15) is 0 Å². The lowest BCUT2D eigenvalue weighted by Crippen LogP contribution is -1.63. The topological polar surface area (TPSA) is 0 Å². The standard InChI is InChI=1S/C6H4ClS/c7-5-3-1-2-4-6(5)8/h1-4H. The van der Waals surface area contributed by atoms with Crippen molar-refractivity contribution < 1.29 is 0 Å². The third-order valence-corrected chi connectivity index (χ3v) is 1.63. The molecule has 1 aromatic rings. The fourth-order valence-electron chi connectivity index (χ4n) is 0.445. The van der Waals surface area contributed by atoms with Crippen LogP contribution in [0, 0.1) is 0 Å². The van der Waals surface area contributed by atoms with Crippen LogP contribution < -0.4 is 0 Å². The van der Waals surface area contributed by atoms with E-state index in [0.717, 1.165) is 0 Å². The van der Waals surface area contributed by atoms with Gasteiger partial charge in [0.15, 0.2) is 0 Å². The highest BCUT2D eigenvalue weighted by Crippen LogP contribution is 2.17. The smallest absolute Gasteiger partial charge is 0.0586 e. The molecule has 0 atom stereocenters. The molecular formula is C6H4ClS. The summed E-state index contributed by atoms with van der Waals surface area (Å²) in [5.74, 6) is 0. The average Bonchev–Trinajstić information content (AvgIpc) is 1.77. The van der Waals surface area contributed by atoms with Crippen LogP contribution in [0.2, 0.25) is 5.02 Å². The SMILES string of the molecule is [S]c1ccccc1Cl. The third kappa shape index (κ3) is 1.11. The van der Waals surface area contributed by atoms with Crippen LogP contribution in [0.5, 0.6) is 0 Å². The lowest BCUT2D eigenvalue weighted by atomic mass is 10.4. The van der Waals surface area contributed by atoms with Gasteiger partial charge in [0.1, 0.15) is 0 Å². The van der Waals surface area contributed by atoms with E-state index in [0.29, 0.717) is 9.92 Å². The molecule has 1 aromatic carbocycles. The molecule has 0 N–H and O–H groups in total. The molecule has 1 radical (unpaired) electrons. The summed E-state index contributed by atoms with van der Waals surface area (Å²) in [6, 6.07) is 7.31. The summed E-state index contributed by atoms with van der Waals surface area (Å²) < 4.78 is 0. The van der Waals surface area contributed by atoms with Crippen LogP contribution in [-0.2, 0) is 0 Å². The quantitative estimate of drug-likeness (QED) is 0.524. The largest absolute Gasteiger partial charge is 0.0828 e. The van der Waals surface area contributed by atoms with Crippen LogP contribution in [0.3, 0.4) is 0 Å². The Morgan fingerprint density at radius 2 is 1.88 bits per heavy atom. The molecule has 0 spiro atoms. The second-order valence-electron chi connectivity index (χ2n) is 1.43. The van der Waals surface area contributed by atoms with Crippen LogP contribution in [0.4, 0.5) is 0 Å². The minimum Gasteiger partial charge on any atom is -0.0828 e. The maximum atomic E-state index is 5.60. The minimum atomic E-state index is 0.655. The normalized spacial score (nSPS) is 9.12. The summed E-state index contributed by atoms with van der Waals surface area (Å²) >= 11 is 10.4. The van der Waals surface area contributed by atoms with Gasteiger partial charge in [-0.3, -0.25) is 0 Å². The number of halogens is 1. The highest BCUT2D eigenvalue weighted by atomic mass is 35.5. The van der Waals surface area contributed by atoms with Crippen LogP contribution in [0.1, 0.15) is 0 Å². The molecule has 0 unspecified atom stereocenters. The number of hydrogen-bond donors (Lipinski definition) is 0. The van der Waals surface area contributed by atoms with E-state index in [1.807, 2.05) is 12.1 Å². The maximum absolute atomic E-state index is 5.60. The van der Waals surface area contributed by atoms with Crippen LogP contribution in [-0.4, -0.2) is 0 Å². The molecule has 0 aliphatic rings.